The van der Waals surface area contributed by atoms with Gasteiger partial charge in [0.15, 0.2) is 0 Å². The van der Waals surface area contributed by atoms with E-state index in [2.05, 4.69) is 34.9 Å². The van der Waals surface area contributed by atoms with Gasteiger partial charge in [-0.15, -0.1) is 6.42 Å². The quantitative estimate of drug-likeness (QED) is 0.845. The minimum atomic E-state index is 0.992. The summed E-state index contributed by atoms with van der Waals surface area (Å²) in [5, 5.41) is 1.30. The summed E-state index contributed by atoms with van der Waals surface area (Å²) in [5.74, 6) is 4.95. The second kappa shape index (κ2) is 5.48. The maximum absolute atomic E-state index is 5.78. The number of nitrogens with zero attached hydrogens (tertiary/aromatic N) is 1. The van der Waals surface area contributed by atoms with Gasteiger partial charge in [-0.25, -0.2) is 0 Å². The first-order chi connectivity index (χ1) is 10.8. The van der Waals surface area contributed by atoms with Crippen LogP contribution in [0.5, 0.6) is 0 Å². The molecule has 2 heteroatoms. The maximum Gasteiger partial charge on any atom is 0.0487 e. The molecule has 1 aliphatic carbocycles. The van der Waals surface area contributed by atoms with Crippen LogP contribution in [0.3, 0.4) is 0 Å². The third-order valence-corrected chi connectivity index (χ3v) is 5.61. The minimum absolute atomic E-state index is 0.992. The van der Waals surface area contributed by atoms with Crippen molar-refractivity contribution in [3.8, 4) is 12.3 Å². The molecule has 1 saturated carbocycles. The number of aryl methyl sites for hydroxylation is 1. The average molecular weight is 292 g/mol. The Kier molecular flexibility index (Phi) is 3.47. The third kappa shape index (κ3) is 2.44. The Hall–Kier alpha value is -1.72. The van der Waals surface area contributed by atoms with E-state index in [0.717, 1.165) is 23.9 Å². The molecule has 1 saturated heterocycles. The predicted molar refractivity (Wildman–Crippen MR) is 91.7 cm³/mol. The Labute approximate surface area is 132 Å². The molecule has 1 aromatic heterocycles. The zero-order chi connectivity index (χ0) is 15.1. The summed E-state index contributed by atoms with van der Waals surface area (Å²) in [7, 11) is 0. The summed E-state index contributed by atoms with van der Waals surface area (Å²) in [4.78, 5) is 5.95. The van der Waals surface area contributed by atoms with Crippen LogP contribution < -0.4 is 0 Å². The predicted octanol–water partition coefficient (Wildman–Crippen LogP) is 4.08. The highest BCUT2D eigenvalue weighted by atomic mass is 15.1. The lowest BCUT2D eigenvalue weighted by molar-refractivity contribution is 0.166. The van der Waals surface area contributed by atoms with Crippen molar-refractivity contribution in [2.24, 2.45) is 11.8 Å². The molecule has 0 amide bonds. The van der Waals surface area contributed by atoms with Crippen molar-refractivity contribution in [1.29, 1.82) is 0 Å². The fourth-order valence-corrected chi connectivity index (χ4v) is 4.14. The second-order valence-electron chi connectivity index (χ2n) is 7.08. The number of nitrogens with one attached hydrogen (secondary N) is 1. The summed E-state index contributed by atoms with van der Waals surface area (Å²) in [6, 6.07) is 4.33. The molecule has 1 aliphatic heterocycles. The fraction of sp³-hybridized carbons (Fsp3) is 0.500. The lowest BCUT2D eigenvalue weighted by atomic mass is 9.91. The highest BCUT2D eigenvalue weighted by Crippen LogP contribution is 2.42. The van der Waals surface area contributed by atoms with E-state index in [9.17, 15) is 0 Å². The molecule has 0 unspecified atom stereocenters. The van der Waals surface area contributed by atoms with Crippen molar-refractivity contribution < 1.29 is 0 Å². The Bertz CT molecular complexity index is 722. The summed E-state index contributed by atoms with van der Waals surface area (Å²) in [5.41, 5.74) is 4.87. The van der Waals surface area contributed by atoms with Crippen molar-refractivity contribution in [1.82, 2.24) is 9.88 Å². The van der Waals surface area contributed by atoms with E-state index in [1.54, 1.807) is 0 Å². The molecule has 2 aromatic rings. The van der Waals surface area contributed by atoms with E-state index >= 15 is 0 Å². The first-order valence-electron chi connectivity index (χ1n) is 8.55. The monoisotopic (exact) mass is 292 g/mol. The van der Waals surface area contributed by atoms with Crippen molar-refractivity contribution in [2.45, 2.75) is 39.2 Å². The number of terminal acetylenes is 1. The fourth-order valence-electron chi connectivity index (χ4n) is 4.14. The number of likely N-dealkylation sites (tertiary alicyclic amines) is 1. The molecule has 0 spiro atoms. The first kappa shape index (κ1) is 13.9. The molecule has 2 fully saturated rings. The molecule has 2 aliphatic rings. The number of piperidine rings is 1. The number of aromatic nitrogens is 1. The number of hydrogen-bond acceptors (Lipinski definition) is 1. The molecule has 0 atom stereocenters. The van der Waals surface area contributed by atoms with Gasteiger partial charge in [0.1, 0.15) is 0 Å². The van der Waals surface area contributed by atoms with Gasteiger partial charge in [0.2, 0.25) is 0 Å². The van der Waals surface area contributed by atoms with E-state index in [0.29, 0.717) is 0 Å². The Morgan fingerprint density at radius 2 is 1.95 bits per heavy atom. The highest BCUT2D eigenvalue weighted by molar-refractivity contribution is 5.88. The van der Waals surface area contributed by atoms with Crippen molar-refractivity contribution in [3.05, 3.63) is 35.0 Å². The molecule has 1 N–H and O–H groups in total. The van der Waals surface area contributed by atoms with Gasteiger partial charge < -0.3 is 4.98 Å². The number of fused-ring (bicyclic) bond motifs is 1. The largest absolute Gasteiger partial charge is 0.361 e. The van der Waals surface area contributed by atoms with Crippen molar-refractivity contribution in [2.75, 3.05) is 13.1 Å². The number of aromatic amines is 1. The van der Waals surface area contributed by atoms with E-state index in [-0.39, 0.29) is 0 Å². The van der Waals surface area contributed by atoms with Crippen LogP contribution >= 0.6 is 0 Å². The molecule has 0 bridgehead atoms. The standard InChI is InChI=1S/C20H24N2/c1-3-15-12-14(2)20-18(6-9-21-20)19(15)13-22-10-7-17(8-11-22)16-4-5-16/h1,6,9,12,16-17,21H,4-5,7-8,10-11,13H2,2H3. The molecular formula is C20H24N2. The lowest BCUT2D eigenvalue weighted by Gasteiger charge is -2.32. The van der Waals surface area contributed by atoms with Crippen LogP contribution in [-0.2, 0) is 6.54 Å². The second-order valence-corrected chi connectivity index (χ2v) is 7.08. The van der Waals surface area contributed by atoms with Crippen LogP contribution in [0.2, 0.25) is 0 Å². The third-order valence-electron chi connectivity index (χ3n) is 5.61. The van der Waals surface area contributed by atoms with Gasteiger partial charge in [-0.05, 0) is 80.8 Å². The zero-order valence-corrected chi connectivity index (χ0v) is 13.4. The SMILES string of the molecule is C#Cc1cc(C)c2[nH]ccc2c1CN1CCC(C2CC2)CC1. The van der Waals surface area contributed by atoms with Gasteiger partial charge in [0, 0.05) is 29.2 Å². The summed E-state index contributed by atoms with van der Waals surface area (Å²) < 4.78 is 0. The first-order valence-corrected chi connectivity index (χ1v) is 8.55. The van der Waals surface area contributed by atoms with Gasteiger partial charge in [0.05, 0.1) is 0 Å². The van der Waals surface area contributed by atoms with Gasteiger partial charge >= 0.3 is 0 Å². The maximum atomic E-state index is 5.78. The molecular weight excluding hydrogens is 268 g/mol. The number of hydrogen-bond donors (Lipinski definition) is 1. The van der Waals surface area contributed by atoms with Crippen molar-refractivity contribution >= 4 is 10.9 Å². The number of benzene rings is 1. The summed E-state index contributed by atoms with van der Waals surface area (Å²) in [6.07, 6.45) is 13.5. The highest BCUT2D eigenvalue weighted by Gasteiger charge is 2.33. The molecule has 2 heterocycles. The summed E-state index contributed by atoms with van der Waals surface area (Å²) in [6.45, 7) is 5.58. The summed E-state index contributed by atoms with van der Waals surface area (Å²) >= 11 is 0. The van der Waals surface area contributed by atoms with E-state index in [4.69, 9.17) is 6.42 Å². The van der Waals surface area contributed by atoms with Gasteiger partial charge in [-0.2, -0.15) is 0 Å². The molecule has 0 radical (unpaired) electrons. The van der Waals surface area contributed by atoms with Crippen LogP contribution in [0.15, 0.2) is 18.3 Å². The van der Waals surface area contributed by atoms with E-state index in [1.807, 2.05) is 6.20 Å². The van der Waals surface area contributed by atoms with Crippen LogP contribution in [0.1, 0.15) is 42.4 Å². The van der Waals surface area contributed by atoms with Crippen LogP contribution in [-0.4, -0.2) is 23.0 Å². The minimum Gasteiger partial charge on any atom is -0.361 e. The molecule has 1 aromatic carbocycles. The van der Waals surface area contributed by atoms with Crippen LogP contribution in [0, 0.1) is 31.1 Å². The Morgan fingerprint density at radius 1 is 1.23 bits per heavy atom. The average Bonchev–Trinajstić information content (AvgIpc) is 3.27. The molecule has 22 heavy (non-hydrogen) atoms. The van der Waals surface area contributed by atoms with Gasteiger partial charge in [0.25, 0.3) is 0 Å². The Morgan fingerprint density at radius 3 is 2.64 bits per heavy atom. The smallest absolute Gasteiger partial charge is 0.0487 e. The molecule has 114 valence electrons. The molecule has 2 nitrogen and oxygen atoms in total. The van der Waals surface area contributed by atoms with E-state index in [1.165, 1.54) is 60.8 Å². The topological polar surface area (TPSA) is 19.0 Å². The number of H-pyrrole nitrogens is 1. The van der Waals surface area contributed by atoms with Crippen LogP contribution in [0.4, 0.5) is 0 Å². The molecule has 4 rings (SSSR count). The van der Waals surface area contributed by atoms with Gasteiger partial charge in [-0.1, -0.05) is 5.92 Å². The van der Waals surface area contributed by atoms with Crippen LogP contribution in [0.25, 0.3) is 10.9 Å². The number of rotatable bonds is 3. The van der Waals surface area contributed by atoms with E-state index < -0.39 is 0 Å². The normalized spacial score (nSPS) is 20.4. The zero-order valence-electron chi connectivity index (χ0n) is 13.4. The van der Waals surface area contributed by atoms with Crippen molar-refractivity contribution in [3.63, 3.8) is 0 Å². The Balaban J connectivity index is 1.57. The lowest BCUT2D eigenvalue weighted by Crippen LogP contribution is -2.34. The van der Waals surface area contributed by atoms with Gasteiger partial charge in [-0.3, -0.25) is 4.90 Å².